The number of alkyl halides is 3. The van der Waals surface area contributed by atoms with Crippen LogP contribution in [0.1, 0.15) is 17.0 Å². The van der Waals surface area contributed by atoms with Gasteiger partial charge in [-0.2, -0.15) is 23.4 Å². The maximum atomic E-state index is 12.9. The maximum Gasteiger partial charge on any atom is 0.416 e. The quantitative estimate of drug-likeness (QED) is 0.648. The lowest BCUT2D eigenvalue weighted by atomic mass is 10.1. The van der Waals surface area contributed by atoms with Gasteiger partial charge in [0, 0.05) is 37.9 Å². The summed E-state index contributed by atoms with van der Waals surface area (Å²) in [7, 11) is 0. The Morgan fingerprint density at radius 2 is 1.90 bits per heavy atom. The van der Waals surface area contributed by atoms with Gasteiger partial charge in [0.05, 0.1) is 17.7 Å². The van der Waals surface area contributed by atoms with Crippen LogP contribution in [-0.2, 0) is 12.7 Å². The minimum Gasteiger partial charge on any atom is -0.353 e. The van der Waals surface area contributed by atoms with E-state index in [1.54, 1.807) is 18.3 Å². The number of piperazine rings is 1. The number of pyridine rings is 1. The van der Waals surface area contributed by atoms with Gasteiger partial charge in [0.1, 0.15) is 11.9 Å². The van der Waals surface area contributed by atoms with Gasteiger partial charge >= 0.3 is 6.18 Å². The fourth-order valence-corrected chi connectivity index (χ4v) is 3.32. The number of hydrogen-bond acceptors (Lipinski definition) is 7. The third-order valence-corrected chi connectivity index (χ3v) is 4.85. The van der Waals surface area contributed by atoms with E-state index in [9.17, 15) is 18.4 Å². The molecule has 3 aromatic rings. The number of hydrogen-bond donors (Lipinski definition) is 0. The highest BCUT2D eigenvalue weighted by molar-refractivity contribution is 5.56. The summed E-state index contributed by atoms with van der Waals surface area (Å²) in [6, 6.07) is 10.5. The normalized spacial score (nSPS) is 15.2. The van der Waals surface area contributed by atoms with E-state index in [1.807, 2.05) is 0 Å². The molecule has 0 atom stereocenters. The Bertz CT molecular complexity index is 1070. The Kier molecular flexibility index (Phi) is 5.37. The minimum absolute atomic E-state index is 0.127. The molecule has 0 saturated carbocycles. The zero-order valence-electron chi connectivity index (χ0n) is 15.8. The number of aromatic nitrogens is 3. The van der Waals surface area contributed by atoms with E-state index in [0.717, 1.165) is 12.1 Å². The van der Waals surface area contributed by atoms with E-state index >= 15 is 0 Å². The fourth-order valence-electron chi connectivity index (χ4n) is 3.32. The van der Waals surface area contributed by atoms with E-state index in [-0.39, 0.29) is 11.4 Å². The molecule has 1 saturated heterocycles. The lowest BCUT2D eigenvalue weighted by Gasteiger charge is -2.34. The van der Waals surface area contributed by atoms with Gasteiger partial charge in [-0.25, -0.2) is 4.98 Å². The summed E-state index contributed by atoms with van der Waals surface area (Å²) in [6.07, 6.45) is -2.77. The van der Waals surface area contributed by atoms with Gasteiger partial charge in [0.15, 0.2) is 0 Å². The van der Waals surface area contributed by atoms with Crippen molar-refractivity contribution >= 4 is 5.82 Å². The standard InChI is InChI=1S/C20H17F3N6O/c21-20(22,23)16-5-1-3-14(11-16)18-26-17(30-27-18)13-28-7-9-29(10-8-28)19-15(12-24)4-2-6-25-19/h1-6,11H,7-10,13H2. The number of halogens is 3. The lowest BCUT2D eigenvalue weighted by Crippen LogP contribution is -2.46. The Labute approximate surface area is 170 Å². The van der Waals surface area contributed by atoms with Crippen LogP contribution in [0.15, 0.2) is 47.1 Å². The molecule has 0 radical (unpaired) electrons. The Balaban J connectivity index is 1.39. The molecule has 0 bridgehead atoms. The molecule has 0 spiro atoms. The van der Waals surface area contributed by atoms with Gasteiger partial charge in [-0.3, -0.25) is 4.90 Å². The monoisotopic (exact) mass is 414 g/mol. The fraction of sp³-hybridized carbons (Fsp3) is 0.300. The minimum atomic E-state index is -4.43. The largest absolute Gasteiger partial charge is 0.416 e. The first-order valence-corrected chi connectivity index (χ1v) is 9.26. The number of benzene rings is 1. The first-order chi connectivity index (χ1) is 14.4. The zero-order chi connectivity index (χ0) is 21.1. The molecule has 30 heavy (non-hydrogen) atoms. The van der Waals surface area contributed by atoms with Gasteiger partial charge in [0.25, 0.3) is 0 Å². The summed E-state index contributed by atoms with van der Waals surface area (Å²) >= 11 is 0. The van der Waals surface area contributed by atoms with Crippen LogP contribution in [0.3, 0.4) is 0 Å². The highest BCUT2D eigenvalue weighted by Gasteiger charge is 2.31. The Hall–Kier alpha value is -3.45. The molecule has 4 rings (SSSR count). The topological polar surface area (TPSA) is 82.1 Å². The molecule has 10 heteroatoms. The number of rotatable bonds is 4. The Morgan fingerprint density at radius 1 is 1.10 bits per heavy atom. The van der Waals surface area contributed by atoms with Crippen molar-refractivity contribution in [3.8, 4) is 17.5 Å². The van der Waals surface area contributed by atoms with Crippen LogP contribution in [0.5, 0.6) is 0 Å². The molecule has 0 unspecified atom stereocenters. The number of nitriles is 1. The van der Waals surface area contributed by atoms with Crippen LogP contribution < -0.4 is 4.90 Å². The lowest BCUT2D eigenvalue weighted by molar-refractivity contribution is -0.137. The highest BCUT2D eigenvalue weighted by Crippen LogP contribution is 2.31. The molecule has 0 amide bonds. The third-order valence-electron chi connectivity index (χ3n) is 4.85. The molecule has 1 aromatic carbocycles. The summed E-state index contributed by atoms with van der Waals surface area (Å²) in [5, 5.41) is 13.1. The first kappa shape index (κ1) is 19.8. The summed E-state index contributed by atoms with van der Waals surface area (Å²) in [6.45, 7) is 3.15. The van der Waals surface area contributed by atoms with Crippen molar-refractivity contribution in [2.24, 2.45) is 0 Å². The summed E-state index contributed by atoms with van der Waals surface area (Å²) < 4.78 is 44.0. The predicted octanol–water partition coefficient (Wildman–Crippen LogP) is 3.34. The summed E-state index contributed by atoms with van der Waals surface area (Å²) in [5.41, 5.74) is 0.0335. The van der Waals surface area contributed by atoms with E-state index < -0.39 is 11.7 Å². The Morgan fingerprint density at radius 3 is 2.63 bits per heavy atom. The smallest absolute Gasteiger partial charge is 0.353 e. The SMILES string of the molecule is N#Cc1cccnc1N1CCN(Cc2nc(-c3cccc(C(F)(F)F)c3)no2)CC1. The van der Waals surface area contributed by atoms with Crippen molar-refractivity contribution < 1.29 is 17.7 Å². The van der Waals surface area contributed by atoms with Crippen molar-refractivity contribution in [2.75, 3.05) is 31.1 Å². The first-order valence-electron chi connectivity index (χ1n) is 9.26. The van der Waals surface area contributed by atoms with E-state index in [4.69, 9.17) is 4.52 Å². The van der Waals surface area contributed by atoms with Crippen LogP contribution in [0.25, 0.3) is 11.4 Å². The van der Waals surface area contributed by atoms with Gasteiger partial charge in [-0.1, -0.05) is 17.3 Å². The molecule has 3 heterocycles. The van der Waals surface area contributed by atoms with Crippen LogP contribution in [-0.4, -0.2) is 46.2 Å². The van der Waals surface area contributed by atoms with Crippen LogP contribution in [0, 0.1) is 11.3 Å². The molecule has 2 aromatic heterocycles. The van der Waals surface area contributed by atoms with E-state index in [0.29, 0.717) is 50.0 Å². The van der Waals surface area contributed by atoms with Gasteiger partial charge in [-0.15, -0.1) is 0 Å². The third kappa shape index (κ3) is 4.26. The number of anilines is 1. The van der Waals surface area contributed by atoms with Crippen molar-refractivity contribution in [2.45, 2.75) is 12.7 Å². The highest BCUT2D eigenvalue weighted by atomic mass is 19.4. The van der Waals surface area contributed by atoms with E-state index in [2.05, 4.69) is 31.0 Å². The van der Waals surface area contributed by atoms with Crippen molar-refractivity contribution in [1.29, 1.82) is 5.26 Å². The molecular formula is C20H17F3N6O. The number of nitrogens with zero attached hydrogens (tertiary/aromatic N) is 6. The molecule has 1 aliphatic rings. The van der Waals surface area contributed by atoms with Gasteiger partial charge in [-0.05, 0) is 24.3 Å². The average molecular weight is 414 g/mol. The van der Waals surface area contributed by atoms with Crippen LogP contribution >= 0.6 is 0 Å². The molecule has 1 fully saturated rings. The molecular weight excluding hydrogens is 397 g/mol. The molecule has 0 N–H and O–H groups in total. The summed E-state index contributed by atoms with van der Waals surface area (Å²) in [5.74, 6) is 1.14. The van der Waals surface area contributed by atoms with Crippen LogP contribution in [0.2, 0.25) is 0 Å². The van der Waals surface area contributed by atoms with Gasteiger partial charge < -0.3 is 9.42 Å². The van der Waals surface area contributed by atoms with Crippen molar-refractivity contribution in [3.05, 3.63) is 59.6 Å². The zero-order valence-corrected chi connectivity index (χ0v) is 15.8. The summed E-state index contributed by atoms with van der Waals surface area (Å²) in [4.78, 5) is 12.7. The van der Waals surface area contributed by atoms with Crippen LogP contribution in [0.4, 0.5) is 19.0 Å². The molecule has 0 aliphatic carbocycles. The average Bonchev–Trinajstić information content (AvgIpc) is 3.22. The maximum absolute atomic E-state index is 12.9. The second-order valence-corrected chi connectivity index (χ2v) is 6.84. The van der Waals surface area contributed by atoms with E-state index in [1.165, 1.54) is 12.1 Å². The second-order valence-electron chi connectivity index (χ2n) is 6.84. The van der Waals surface area contributed by atoms with Gasteiger partial charge in [0.2, 0.25) is 11.7 Å². The molecule has 7 nitrogen and oxygen atoms in total. The molecule has 1 aliphatic heterocycles. The second kappa shape index (κ2) is 8.12. The molecule has 154 valence electrons. The predicted molar refractivity (Wildman–Crippen MR) is 101 cm³/mol. The van der Waals surface area contributed by atoms with Crippen molar-refractivity contribution in [3.63, 3.8) is 0 Å². The van der Waals surface area contributed by atoms with Crippen molar-refractivity contribution in [1.82, 2.24) is 20.0 Å².